The fourth-order valence-corrected chi connectivity index (χ4v) is 3.04. The highest BCUT2D eigenvalue weighted by atomic mass is 16.2. The van der Waals surface area contributed by atoms with Gasteiger partial charge in [-0.2, -0.15) is 0 Å². The van der Waals surface area contributed by atoms with Gasteiger partial charge in [-0.15, -0.1) is 0 Å². The lowest BCUT2D eigenvalue weighted by Crippen LogP contribution is -2.49. The number of amides is 2. The van der Waals surface area contributed by atoms with Crippen molar-refractivity contribution >= 4 is 17.5 Å². The molecule has 0 aliphatic carbocycles. The van der Waals surface area contributed by atoms with E-state index in [1.807, 2.05) is 0 Å². The number of aromatic nitrogens is 1. The molecule has 3 atom stereocenters. The molecule has 8 heteroatoms. The maximum absolute atomic E-state index is 12.3. The van der Waals surface area contributed by atoms with Crippen LogP contribution in [-0.2, 0) is 9.59 Å². The number of fused-ring (bicyclic) bond motifs is 1. The van der Waals surface area contributed by atoms with E-state index >= 15 is 0 Å². The first-order valence-corrected chi connectivity index (χ1v) is 7.93. The van der Waals surface area contributed by atoms with Crippen LogP contribution in [0, 0.1) is 5.92 Å². The van der Waals surface area contributed by atoms with Crippen molar-refractivity contribution in [1.29, 1.82) is 0 Å². The molecule has 0 saturated carbocycles. The Balaban J connectivity index is 1.40. The Morgan fingerprint density at radius 1 is 1.26 bits per heavy atom. The quantitative estimate of drug-likeness (QED) is 0.476. The molecule has 2 saturated heterocycles. The van der Waals surface area contributed by atoms with Gasteiger partial charge in [-0.1, -0.05) is 0 Å². The summed E-state index contributed by atoms with van der Waals surface area (Å²) in [5, 5.41) is 8.91. The van der Waals surface area contributed by atoms with Crippen LogP contribution in [0.25, 0.3) is 0 Å². The van der Waals surface area contributed by atoms with Crippen molar-refractivity contribution in [1.82, 2.24) is 26.5 Å². The fraction of sp³-hybridized carbons (Fsp3) is 0.533. The third-order valence-corrected chi connectivity index (χ3v) is 4.28. The Morgan fingerprint density at radius 2 is 2.09 bits per heavy atom. The van der Waals surface area contributed by atoms with Crippen LogP contribution in [0.4, 0.5) is 5.69 Å². The standard InChI is InChI=1S/C15H22N6O2/c22-13(19-10-1-5-16-6-2-10)4-8-18-15(23)14-11-9-17-7-3-12(11)20-21-14/h1-2,5-6,11-12,14,17,20-21H,3-4,7-9H2,(H,18,23)(H,16,19,22). The van der Waals surface area contributed by atoms with Gasteiger partial charge in [0.2, 0.25) is 11.8 Å². The minimum absolute atomic E-state index is 0.0644. The summed E-state index contributed by atoms with van der Waals surface area (Å²) in [6.07, 6.45) is 4.48. The number of hydrogen-bond acceptors (Lipinski definition) is 6. The minimum atomic E-state index is -0.254. The second-order valence-corrected chi connectivity index (χ2v) is 5.85. The molecule has 2 amide bonds. The van der Waals surface area contributed by atoms with Gasteiger partial charge in [0.05, 0.1) is 0 Å². The van der Waals surface area contributed by atoms with Crippen molar-refractivity contribution < 1.29 is 9.59 Å². The first kappa shape index (κ1) is 15.9. The number of carbonyl (C=O) groups excluding carboxylic acids is 2. The lowest BCUT2D eigenvalue weighted by molar-refractivity contribution is -0.124. The van der Waals surface area contributed by atoms with Gasteiger partial charge in [0.25, 0.3) is 0 Å². The van der Waals surface area contributed by atoms with E-state index in [0.717, 1.165) is 19.5 Å². The Bertz CT molecular complexity index is 552. The van der Waals surface area contributed by atoms with Gasteiger partial charge in [0.15, 0.2) is 0 Å². The molecular weight excluding hydrogens is 296 g/mol. The zero-order chi connectivity index (χ0) is 16.1. The van der Waals surface area contributed by atoms with Crippen LogP contribution in [0.15, 0.2) is 24.5 Å². The Morgan fingerprint density at radius 3 is 2.91 bits per heavy atom. The first-order valence-electron chi connectivity index (χ1n) is 7.93. The molecule has 3 heterocycles. The topological polar surface area (TPSA) is 107 Å². The second kappa shape index (κ2) is 7.49. The predicted octanol–water partition coefficient (Wildman–Crippen LogP) is -1.02. The van der Waals surface area contributed by atoms with E-state index in [1.54, 1.807) is 24.5 Å². The number of hydrazine groups is 1. The van der Waals surface area contributed by atoms with Gasteiger partial charge in [0, 0.05) is 49.6 Å². The number of anilines is 1. The third-order valence-electron chi connectivity index (χ3n) is 4.28. The van der Waals surface area contributed by atoms with E-state index in [0.29, 0.717) is 18.3 Å². The maximum atomic E-state index is 12.3. The molecule has 2 aliphatic heterocycles. The molecule has 3 unspecified atom stereocenters. The predicted molar refractivity (Wildman–Crippen MR) is 85.3 cm³/mol. The van der Waals surface area contributed by atoms with Crippen LogP contribution in [0.5, 0.6) is 0 Å². The van der Waals surface area contributed by atoms with E-state index in [9.17, 15) is 9.59 Å². The van der Waals surface area contributed by atoms with Crippen molar-refractivity contribution in [3.05, 3.63) is 24.5 Å². The summed E-state index contributed by atoms with van der Waals surface area (Å²) in [6.45, 7) is 2.11. The Hall–Kier alpha value is -2.03. The van der Waals surface area contributed by atoms with E-state index in [-0.39, 0.29) is 30.2 Å². The number of nitrogens with zero attached hydrogens (tertiary/aromatic N) is 1. The molecule has 2 aliphatic rings. The molecular formula is C15H22N6O2. The molecule has 1 aromatic rings. The summed E-state index contributed by atoms with van der Waals surface area (Å²) in [6, 6.07) is 3.53. The van der Waals surface area contributed by atoms with Crippen LogP contribution in [0.3, 0.4) is 0 Å². The fourth-order valence-electron chi connectivity index (χ4n) is 3.04. The van der Waals surface area contributed by atoms with E-state index < -0.39 is 0 Å². The normalized spacial score (nSPS) is 26.3. The van der Waals surface area contributed by atoms with Crippen molar-refractivity contribution in [3.8, 4) is 0 Å². The molecule has 124 valence electrons. The first-order chi connectivity index (χ1) is 11.2. The second-order valence-electron chi connectivity index (χ2n) is 5.85. The van der Waals surface area contributed by atoms with Crippen LogP contribution in [0.1, 0.15) is 12.8 Å². The van der Waals surface area contributed by atoms with Gasteiger partial charge in [-0.25, -0.2) is 5.43 Å². The van der Waals surface area contributed by atoms with Crippen molar-refractivity contribution in [2.24, 2.45) is 5.92 Å². The monoisotopic (exact) mass is 318 g/mol. The van der Waals surface area contributed by atoms with Gasteiger partial charge in [0.1, 0.15) is 6.04 Å². The molecule has 0 bridgehead atoms. The molecule has 0 radical (unpaired) electrons. The van der Waals surface area contributed by atoms with Gasteiger partial charge in [-0.3, -0.25) is 20.0 Å². The number of carbonyl (C=O) groups is 2. The number of nitrogens with one attached hydrogen (secondary N) is 5. The summed E-state index contributed by atoms with van der Waals surface area (Å²) in [5.74, 6) is 0.0472. The summed E-state index contributed by atoms with van der Waals surface area (Å²) in [4.78, 5) is 28.0. The number of pyridine rings is 1. The molecule has 0 spiro atoms. The number of piperidine rings is 1. The number of hydrogen-bond donors (Lipinski definition) is 5. The smallest absolute Gasteiger partial charge is 0.238 e. The third kappa shape index (κ3) is 4.04. The Labute approximate surface area is 134 Å². The lowest BCUT2D eigenvalue weighted by Gasteiger charge is -2.27. The lowest BCUT2D eigenvalue weighted by atomic mass is 9.89. The molecule has 5 N–H and O–H groups in total. The van der Waals surface area contributed by atoms with E-state index in [4.69, 9.17) is 0 Å². The summed E-state index contributed by atoms with van der Waals surface area (Å²) < 4.78 is 0. The van der Waals surface area contributed by atoms with Crippen molar-refractivity contribution in [2.45, 2.75) is 24.9 Å². The van der Waals surface area contributed by atoms with Crippen LogP contribution >= 0.6 is 0 Å². The molecule has 23 heavy (non-hydrogen) atoms. The van der Waals surface area contributed by atoms with Crippen molar-refractivity contribution in [2.75, 3.05) is 25.0 Å². The Kier molecular flexibility index (Phi) is 5.16. The average molecular weight is 318 g/mol. The summed E-state index contributed by atoms with van der Waals surface area (Å²) >= 11 is 0. The van der Waals surface area contributed by atoms with Crippen LogP contribution < -0.4 is 26.8 Å². The molecule has 2 fully saturated rings. The highest BCUT2D eigenvalue weighted by molar-refractivity contribution is 5.91. The maximum Gasteiger partial charge on any atom is 0.238 e. The summed E-state index contributed by atoms with van der Waals surface area (Å²) in [7, 11) is 0. The zero-order valence-electron chi connectivity index (χ0n) is 12.8. The van der Waals surface area contributed by atoms with Crippen molar-refractivity contribution in [3.63, 3.8) is 0 Å². The zero-order valence-corrected chi connectivity index (χ0v) is 12.8. The molecule has 3 rings (SSSR count). The van der Waals surface area contributed by atoms with Gasteiger partial charge in [-0.05, 0) is 25.1 Å². The SMILES string of the molecule is O=C(CCNC(=O)C1NNC2CCNCC21)Nc1ccncc1. The summed E-state index contributed by atoms with van der Waals surface area (Å²) in [5.41, 5.74) is 6.96. The number of rotatable bonds is 5. The van der Waals surface area contributed by atoms with Crippen LogP contribution in [0.2, 0.25) is 0 Å². The van der Waals surface area contributed by atoms with Gasteiger partial charge >= 0.3 is 0 Å². The van der Waals surface area contributed by atoms with Crippen LogP contribution in [-0.4, -0.2) is 48.5 Å². The molecule has 0 aromatic carbocycles. The van der Waals surface area contributed by atoms with Gasteiger partial charge < -0.3 is 16.0 Å². The molecule has 1 aromatic heterocycles. The minimum Gasteiger partial charge on any atom is -0.354 e. The van der Waals surface area contributed by atoms with E-state index in [1.165, 1.54) is 0 Å². The average Bonchev–Trinajstić information content (AvgIpc) is 3.00. The highest BCUT2D eigenvalue weighted by Crippen LogP contribution is 2.19. The molecule has 8 nitrogen and oxygen atoms in total. The van der Waals surface area contributed by atoms with E-state index in [2.05, 4.69) is 31.8 Å². The highest BCUT2D eigenvalue weighted by Gasteiger charge is 2.40. The largest absolute Gasteiger partial charge is 0.354 e.